The van der Waals surface area contributed by atoms with Crippen molar-refractivity contribution in [2.45, 2.75) is 30.7 Å². The molecular formula is C12H14N4O2S. The highest BCUT2D eigenvalue weighted by Crippen LogP contribution is 2.20. The molecule has 19 heavy (non-hydrogen) atoms. The number of aromatic carboxylic acids is 1. The van der Waals surface area contributed by atoms with Crippen molar-refractivity contribution in [3.8, 4) is 0 Å². The lowest BCUT2D eigenvalue weighted by Crippen LogP contribution is -2.04. The third kappa shape index (κ3) is 3.54. The number of pyridine rings is 1. The van der Waals surface area contributed by atoms with E-state index < -0.39 is 5.97 Å². The van der Waals surface area contributed by atoms with Crippen LogP contribution in [0, 0.1) is 0 Å². The van der Waals surface area contributed by atoms with Gasteiger partial charge in [-0.25, -0.2) is 19.4 Å². The standard InChI is InChI=1S/C12H14N4O2S/c1-2-5-16-10(14-8-15-16)7-19-11-6-9(12(17)18)3-4-13-11/h3-4,6,8H,2,5,7H2,1H3,(H,17,18). The molecule has 0 aromatic carbocycles. The van der Waals surface area contributed by atoms with E-state index in [0.717, 1.165) is 18.8 Å². The first-order valence-electron chi connectivity index (χ1n) is 5.89. The molecule has 0 unspecified atom stereocenters. The van der Waals surface area contributed by atoms with Gasteiger partial charge in [0.1, 0.15) is 12.2 Å². The Balaban J connectivity index is 2.04. The maximum Gasteiger partial charge on any atom is 0.335 e. The Kier molecular flexibility index (Phi) is 4.51. The van der Waals surface area contributed by atoms with Gasteiger partial charge in [-0.15, -0.1) is 0 Å². The van der Waals surface area contributed by atoms with Crippen LogP contribution in [-0.2, 0) is 12.3 Å². The molecule has 0 radical (unpaired) electrons. The van der Waals surface area contributed by atoms with Crippen molar-refractivity contribution in [1.29, 1.82) is 0 Å². The van der Waals surface area contributed by atoms with Gasteiger partial charge < -0.3 is 5.11 Å². The first-order chi connectivity index (χ1) is 9.20. The third-order valence-electron chi connectivity index (χ3n) is 2.46. The minimum atomic E-state index is -0.946. The molecule has 0 amide bonds. The van der Waals surface area contributed by atoms with Crippen LogP contribution in [-0.4, -0.2) is 30.8 Å². The Morgan fingerprint density at radius 2 is 2.32 bits per heavy atom. The van der Waals surface area contributed by atoms with E-state index in [9.17, 15) is 4.79 Å². The van der Waals surface area contributed by atoms with Gasteiger partial charge in [0.25, 0.3) is 0 Å². The predicted octanol–water partition coefficient (Wildman–Crippen LogP) is 2.07. The normalized spacial score (nSPS) is 10.6. The van der Waals surface area contributed by atoms with Crippen molar-refractivity contribution in [3.05, 3.63) is 36.0 Å². The molecule has 0 aliphatic heterocycles. The van der Waals surface area contributed by atoms with Crippen LogP contribution in [0.3, 0.4) is 0 Å². The molecule has 0 bridgehead atoms. The molecule has 0 spiro atoms. The van der Waals surface area contributed by atoms with E-state index in [1.165, 1.54) is 30.4 Å². The number of thioether (sulfide) groups is 1. The van der Waals surface area contributed by atoms with Crippen LogP contribution in [0.1, 0.15) is 29.5 Å². The number of aromatic nitrogens is 4. The summed E-state index contributed by atoms with van der Waals surface area (Å²) in [6.07, 6.45) is 4.03. The molecule has 0 fully saturated rings. The molecule has 0 aliphatic rings. The summed E-state index contributed by atoms with van der Waals surface area (Å²) in [6, 6.07) is 3.04. The number of carbonyl (C=O) groups is 1. The number of carboxylic acid groups (broad SMARTS) is 1. The van der Waals surface area contributed by atoms with Gasteiger partial charge in [-0.1, -0.05) is 18.7 Å². The minimum absolute atomic E-state index is 0.243. The van der Waals surface area contributed by atoms with Gasteiger partial charge in [0.2, 0.25) is 0 Å². The molecule has 6 nitrogen and oxygen atoms in total. The van der Waals surface area contributed by atoms with E-state index in [1.807, 2.05) is 4.68 Å². The summed E-state index contributed by atoms with van der Waals surface area (Å²) in [4.78, 5) is 19.2. The lowest BCUT2D eigenvalue weighted by Gasteiger charge is -2.04. The van der Waals surface area contributed by atoms with Gasteiger partial charge in [-0.3, -0.25) is 0 Å². The molecule has 2 aromatic heterocycles. The Morgan fingerprint density at radius 3 is 3.05 bits per heavy atom. The fraction of sp³-hybridized carbons (Fsp3) is 0.333. The number of carboxylic acids is 1. The molecule has 0 saturated carbocycles. The Bertz CT molecular complexity index is 570. The largest absolute Gasteiger partial charge is 0.478 e. The summed E-state index contributed by atoms with van der Waals surface area (Å²) < 4.78 is 1.86. The second-order valence-electron chi connectivity index (χ2n) is 3.88. The lowest BCUT2D eigenvalue weighted by atomic mass is 10.3. The second kappa shape index (κ2) is 6.33. The quantitative estimate of drug-likeness (QED) is 0.815. The van der Waals surface area contributed by atoms with Crippen molar-refractivity contribution in [2.24, 2.45) is 0 Å². The molecular weight excluding hydrogens is 264 g/mol. The van der Waals surface area contributed by atoms with E-state index in [-0.39, 0.29) is 5.56 Å². The summed E-state index contributed by atoms with van der Waals surface area (Å²) in [5.41, 5.74) is 0.243. The fourth-order valence-corrected chi connectivity index (χ4v) is 2.40. The maximum absolute atomic E-state index is 10.9. The highest BCUT2D eigenvalue weighted by molar-refractivity contribution is 7.98. The van der Waals surface area contributed by atoms with E-state index in [1.54, 1.807) is 6.07 Å². The van der Waals surface area contributed by atoms with Gasteiger partial charge in [0.15, 0.2) is 0 Å². The lowest BCUT2D eigenvalue weighted by molar-refractivity contribution is 0.0696. The molecule has 7 heteroatoms. The Labute approximate surface area is 114 Å². The van der Waals surface area contributed by atoms with Crippen LogP contribution in [0.15, 0.2) is 29.7 Å². The monoisotopic (exact) mass is 278 g/mol. The van der Waals surface area contributed by atoms with Crippen molar-refractivity contribution in [2.75, 3.05) is 0 Å². The summed E-state index contributed by atoms with van der Waals surface area (Å²) in [5.74, 6) is 0.545. The van der Waals surface area contributed by atoms with Gasteiger partial charge in [-0.05, 0) is 18.6 Å². The number of aryl methyl sites for hydroxylation is 1. The summed E-state index contributed by atoms with van der Waals surface area (Å²) in [7, 11) is 0. The fourth-order valence-electron chi connectivity index (χ4n) is 1.56. The van der Waals surface area contributed by atoms with Gasteiger partial charge in [-0.2, -0.15) is 5.10 Å². The van der Waals surface area contributed by atoms with E-state index >= 15 is 0 Å². The maximum atomic E-state index is 10.9. The van der Waals surface area contributed by atoms with Gasteiger partial charge in [0.05, 0.1) is 16.3 Å². The molecule has 0 aliphatic carbocycles. The van der Waals surface area contributed by atoms with Crippen molar-refractivity contribution in [3.63, 3.8) is 0 Å². The SMILES string of the molecule is CCCn1ncnc1CSc1cc(C(=O)O)ccn1. The van der Waals surface area contributed by atoms with Gasteiger partial charge in [0, 0.05) is 12.7 Å². The summed E-state index contributed by atoms with van der Waals surface area (Å²) in [5, 5.41) is 13.7. The van der Waals surface area contributed by atoms with Crippen molar-refractivity contribution in [1.82, 2.24) is 19.7 Å². The molecule has 0 saturated heterocycles. The average Bonchev–Trinajstić information content (AvgIpc) is 2.85. The van der Waals surface area contributed by atoms with Crippen LogP contribution in [0.25, 0.3) is 0 Å². The number of nitrogens with zero attached hydrogens (tertiary/aromatic N) is 4. The van der Waals surface area contributed by atoms with Crippen molar-refractivity contribution >= 4 is 17.7 Å². The molecule has 0 atom stereocenters. The second-order valence-corrected chi connectivity index (χ2v) is 4.87. The molecule has 1 N–H and O–H groups in total. The number of rotatable bonds is 6. The minimum Gasteiger partial charge on any atom is -0.478 e. The molecule has 100 valence electrons. The Morgan fingerprint density at radius 1 is 1.47 bits per heavy atom. The van der Waals surface area contributed by atoms with Gasteiger partial charge >= 0.3 is 5.97 Å². The van der Waals surface area contributed by atoms with Crippen LogP contribution >= 0.6 is 11.8 Å². The first-order valence-corrected chi connectivity index (χ1v) is 6.88. The van der Waals surface area contributed by atoms with Crippen LogP contribution in [0.2, 0.25) is 0 Å². The average molecular weight is 278 g/mol. The molecule has 2 rings (SSSR count). The third-order valence-corrected chi connectivity index (χ3v) is 3.38. The summed E-state index contributed by atoms with van der Waals surface area (Å²) >= 11 is 1.45. The molecule has 2 aromatic rings. The van der Waals surface area contributed by atoms with E-state index in [0.29, 0.717) is 10.8 Å². The zero-order valence-corrected chi connectivity index (χ0v) is 11.3. The summed E-state index contributed by atoms with van der Waals surface area (Å²) in [6.45, 7) is 2.91. The first kappa shape index (κ1) is 13.5. The van der Waals surface area contributed by atoms with Crippen LogP contribution in [0.4, 0.5) is 0 Å². The number of hydrogen-bond donors (Lipinski definition) is 1. The number of hydrogen-bond acceptors (Lipinski definition) is 5. The molecule has 2 heterocycles. The van der Waals surface area contributed by atoms with Crippen LogP contribution < -0.4 is 0 Å². The smallest absolute Gasteiger partial charge is 0.335 e. The highest BCUT2D eigenvalue weighted by atomic mass is 32.2. The predicted molar refractivity (Wildman–Crippen MR) is 71.1 cm³/mol. The van der Waals surface area contributed by atoms with Crippen molar-refractivity contribution < 1.29 is 9.90 Å². The van der Waals surface area contributed by atoms with Crippen LogP contribution in [0.5, 0.6) is 0 Å². The Hall–Kier alpha value is -1.89. The van der Waals surface area contributed by atoms with E-state index in [4.69, 9.17) is 5.11 Å². The van der Waals surface area contributed by atoms with E-state index in [2.05, 4.69) is 22.0 Å². The topological polar surface area (TPSA) is 80.9 Å². The zero-order valence-electron chi connectivity index (χ0n) is 10.5. The highest BCUT2D eigenvalue weighted by Gasteiger charge is 2.07. The zero-order chi connectivity index (χ0) is 13.7.